The van der Waals surface area contributed by atoms with Gasteiger partial charge in [0.05, 0.1) is 6.04 Å². The second-order valence-corrected chi connectivity index (χ2v) is 4.75. The standard InChI is InChI=1S/C10H17N3O3/c1-12-4-2-7(8(12)14)13-5-3-10(11,6-13)9(15)16/h7H,2-6,11H2,1H3,(H,15,16). The third-order valence-electron chi connectivity index (χ3n) is 3.60. The molecule has 0 saturated carbocycles. The third-order valence-corrected chi connectivity index (χ3v) is 3.60. The van der Waals surface area contributed by atoms with Crippen LogP contribution in [0.3, 0.4) is 0 Å². The first-order valence-corrected chi connectivity index (χ1v) is 5.45. The largest absolute Gasteiger partial charge is 0.480 e. The van der Waals surface area contributed by atoms with Gasteiger partial charge >= 0.3 is 5.97 Å². The predicted molar refractivity (Wildman–Crippen MR) is 56.8 cm³/mol. The van der Waals surface area contributed by atoms with Gasteiger partial charge in [-0.3, -0.25) is 14.5 Å². The van der Waals surface area contributed by atoms with Gasteiger partial charge in [-0.05, 0) is 12.8 Å². The molecule has 2 heterocycles. The molecule has 3 N–H and O–H groups in total. The summed E-state index contributed by atoms with van der Waals surface area (Å²) in [6.07, 6.45) is 1.18. The zero-order valence-electron chi connectivity index (χ0n) is 9.35. The molecule has 90 valence electrons. The van der Waals surface area contributed by atoms with Crippen LogP contribution in [-0.2, 0) is 9.59 Å². The van der Waals surface area contributed by atoms with Gasteiger partial charge in [-0.1, -0.05) is 0 Å². The van der Waals surface area contributed by atoms with Gasteiger partial charge in [0.1, 0.15) is 5.54 Å². The molecule has 16 heavy (non-hydrogen) atoms. The van der Waals surface area contributed by atoms with E-state index in [4.69, 9.17) is 10.8 Å². The van der Waals surface area contributed by atoms with Crippen LogP contribution in [0.1, 0.15) is 12.8 Å². The molecule has 2 aliphatic heterocycles. The number of rotatable bonds is 2. The number of hydrogen-bond acceptors (Lipinski definition) is 4. The first-order valence-electron chi connectivity index (χ1n) is 5.45. The van der Waals surface area contributed by atoms with Crippen LogP contribution in [0.2, 0.25) is 0 Å². The van der Waals surface area contributed by atoms with Crippen molar-refractivity contribution >= 4 is 11.9 Å². The summed E-state index contributed by atoms with van der Waals surface area (Å²) >= 11 is 0. The number of nitrogens with two attached hydrogens (primary N) is 1. The number of hydrogen-bond donors (Lipinski definition) is 2. The molecular formula is C10H17N3O3. The van der Waals surface area contributed by atoms with Gasteiger partial charge in [0.15, 0.2) is 0 Å². The van der Waals surface area contributed by atoms with Crippen LogP contribution in [0, 0.1) is 0 Å². The maximum absolute atomic E-state index is 11.8. The summed E-state index contributed by atoms with van der Waals surface area (Å²) < 4.78 is 0. The van der Waals surface area contributed by atoms with E-state index in [0.717, 1.165) is 13.0 Å². The van der Waals surface area contributed by atoms with E-state index in [1.165, 1.54) is 0 Å². The summed E-state index contributed by atoms with van der Waals surface area (Å²) in [6.45, 7) is 1.60. The van der Waals surface area contributed by atoms with E-state index in [-0.39, 0.29) is 18.5 Å². The average Bonchev–Trinajstić information content (AvgIpc) is 2.74. The maximum Gasteiger partial charge on any atom is 0.325 e. The van der Waals surface area contributed by atoms with Crippen LogP contribution < -0.4 is 5.73 Å². The number of carbonyl (C=O) groups excluding carboxylic acids is 1. The van der Waals surface area contributed by atoms with E-state index in [1.54, 1.807) is 11.9 Å². The lowest BCUT2D eigenvalue weighted by atomic mass is 10.0. The maximum atomic E-state index is 11.8. The molecule has 0 bridgehead atoms. The molecule has 0 aromatic heterocycles. The molecule has 6 nitrogen and oxygen atoms in total. The highest BCUT2D eigenvalue weighted by atomic mass is 16.4. The molecule has 2 rings (SSSR count). The van der Waals surface area contributed by atoms with Crippen molar-refractivity contribution in [3.8, 4) is 0 Å². The molecule has 6 heteroatoms. The number of carbonyl (C=O) groups is 2. The van der Waals surface area contributed by atoms with Crippen molar-refractivity contribution in [3.63, 3.8) is 0 Å². The Kier molecular flexibility index (Phi) is 2.63. The fraction of sp³-hybridized carbons (Fsp3) is 0.800. The minimum atomic E-state index is -1.18. The van der Waals surface area contributed by atoms with Gasteiger partial charge < -0.3 is 15.7 Å². The van der Waals surface area contributed by atoms with Crippen LogP contribution in [0.25, 0.3) is 0 Å². The minimum Gasteiger partial charge on any atom is -0.480 e. The van der Waals surface area contributed by atoms with Gasteiger partial charge in [0.25, 0.3) is 0 Å². The van der Waals surface area contributed by atoms with E-state index in [1.807, 2.05) is 4.90 Å². The van der Waals surface area contributed by atoms with Crippen molar-refractivity contribution in [2.75, 3.05) is 26.7 Å². The fourth-order valence-corrected chi connectivity index (χ4v) is 2.45. The number of nitrogens with zero attached hydrogens (tertiary/aromatic N) is 2. The smallest absolute Gasteiger partial charge is 0.325 e. The highest BCUT2D eigenvalue weighted by Crippen LogP contribution is 2.25. The van der Waals surface area contributed by atoms with E-state index in [0.29, 0.717) is 13.0 Å². The zero-order valence-corrected chi connectivity index (χ0v) is 9.35. The summed E-state index contributed by atoms with van der Waals surface area (Å²) in [5.41, 5.74) is 4.59. The Morgan fingerprint density at radius 1 is 1.56 bits per heavy atom. The zero-order chi connectivity index (χ0) is 11.9. The summed E-state index contributed by atoms with van der Waals surface area (Å²) in [4.78, 5) is 26.3. The molecule has 0 aliphatic carbocycles. The van der Waals surface area contributed by atoms with Crippen LogP contribution in [0.5, 0.6) is 0 Å². The SMILES string of the molecule is CN1CCC(N2CCC(N)(C(=O)O)C2)C1=O. The van der Waals surface area contributed by atoms with E-state index in [2.05, 4.69) is 0 Å². The summed E-state index contributed by atoms with van der Waals surface area (Å²) in [7, 11) is 1.77. The lowest BCUT2D eigenvalue weighted by molar-refractivity contribution is -0.143. The molecule has 0 spiro atoms. The lowest BCUT2D eigenvalue weighted by Crippen LogP contribution is -2.51. The highest BCUT2D eigenvalue weighted by Gasteiger charge is 2.46. The number of likely N-dealkylation sites (N-methyl/N-ethyl adjacent to an activating group) is 1. The van der Waals surface area contributed by atoms with Gasteiger partial charge in [-0.2, -0.15) is 0 Å². The molecule has 2 atom stereocenters. The molecule has 0 aromatic rings. The Morgan fingerprint density at radius 2 is 2.25 bits per heavy atom. The molecule has 2 fully saturated rings. The Labute approximate surface area is 94.0 Å². The quantitative estimate of drug-likeness (QED) is 0.612. The molecule has 2 unspecified atom stereocenters. The van der Waals surface area contributed by atoms with Crippen molar-refractivity contribution < 1.29 is 14.7 Å². The molecule has 1 amide bonds. The highest BCUT2D eigenvalue weighted by molar-refractivity contribution is 5.84. The number of amides is 1. The molecule has 2 aliphatic rings. The molecule has 0 aromatic carbocycles. The van der Waals surface area contributed by atoms with Crippen LogP contribution in [-0.4, -0.2) is 65.0 Å². The first-order chi connectivity index (χ1) is 7.44. The predicted octanol–water partition coefficient (Wildman–Crippen LogP) is -1.30. The van der Waals surface area contributed by atoms with Crippen LogP contribution in [0.4, 0.5) is 0 Å². The first kappa shape index (κ1) is 11.3. The van der Waals surface area contributed by atoms with Crippen molar-refractivity contribution in [2.24, 2.45) is 5.73 Å². The fourth-order valence-electron chi connectivity index (χ4n) is 2.45. The van der Waals surface area contributed by atoms with E-state index < -0.39 is 11.5 Å². The van der Waals surface area contributed by atoms with Crippen molar-refractivity contribution in [1.29, 1.82) is 0 Å². The van der Waals surface area contributed by atoms with Crippen molar-refractivity contribution in [2.45, 2.75) is 24.4 Å². The normalized spacial score (nSPS) is 36.0. The Bertz CT molecular complexity index is 333. The molecule has 2 saturated heterocycles. The van der Waals surface area contributed by atoms with Gasteiger partial charge in [0.2, 0.25) is 5.91 Å². The Hall–Kier alpha value is -1.14. The van der Waals surface area contributed by atoms with E-state index >= 15 is 0 Å². The third kappa shape index (κ3) is 1.68. The molecule has 0 radical (unpaired) electrons. The van der Waals surface area contributed by atoms with E-state index in [9.17, 15) is 9.59 Å². The van der Waals surface area contributed by atoms with Gasteiger partial charge in [-0.15, -0.1) is 0 Å². The van der Waals surface area contributed by atoms with Crippen LogP contribution in [0.15, 0.2) is 0 Å². The molecular weight excluding hydrogens is 210 g/mol. The Balaban J connectivity index is 2.04. The number of likely N-dealkylation sites (tertiary alicyclic amines) is 2. The minimum absolute atomic E-state index is 0.0784. The van der Waals surface area contributed by atoms with Crippen molar-refractivity contribution in [3.05, 3.63) is 0 Å². The van der Waals surface area contributed by atoms with Gasteiger partial charge in [-0.25, -0.2) is 0 Å². The van der Waals surface area contributed by atoms with Crippen molar-refractivity contribution in [1.82, 2.24) is 9.80 Å². The summed E-state index contributed by atoms with van der Waals surface area (Å²) in [5, 5.41) is 9.00. The monoisotopic (exact) mass is 227 g/mol. The Morgan fingerprint density at radius 3 is 2.69 bits per heavy atom. The second kappa shape index (κ2) is 3.71. The summed E-state index contributed by atoms with van der Waals surface area (Å²) in [5.74, 6) is -0.900. The van der Waals surface area contributed by atoms with Crippen LogP contribution >= 0.6 is 0 Å². The lowest BCUT2D eigenvalue weighted by Gasteiger charge is -2.24. The number of carboxylic acid groups (broad SMARTS) is 1. The average molecular weight is 227 g/mol. The topological polar surface area (TPSA) is 86.9 Å². The second-order valence-electron chi connectivity index (χ2n) is 4.75. The number of aliphatic carboxylic acids is 1. The summed E-state index contributed by atoms with van der Waals surface area (Å²) in [6, 6.07) is -0.172. The van der Waals surface area contributed by atoms with Gasteiger partial charge in [0, 0.05) is 26.7 Å². The number of carboxylic acids is 1.